The normalized spacial score (nSPS) is 23.2. The molecule has 1 fully saturated rings. The van der Waals surface area contributed by atoms with Crippen LogP contribution in [0.15, 0.2) is 30.4 Å². The Morgan fingerprint density at radius 3 is 2.88 bits per heavy atom. The van der Waals surface area contributed by atoms with Crippen LogP contribution >= 0.6 is 0 Å². The number of hydrogen-bond donors (Lipinski definition) is 0. The number of hydrogen-bond acceptors (Lipinski definition) is 3. The van der Waals surface area contributed by atoms with Crippen molar-refractivity contribution in [3.8, 4) is 0 Å². The number of anilines is 1. The zero-order valence-corrected chi connectivity index (χ0v) is 13.7. The molecule has 0 spiro atoms. The summed E-state index contributed by atoms with van der Waals surface area (Å²) >= 11 is 0. The van der Waals surface area contributed by atoms with Crippen molar-refractivity contribution < 1.29 is 14.3 Å². The predicted molar refractivity (Wildman–Crippen MR) is 90.7 cm³/mol. The fourth-order valence-electron chi connectivity index (χ4n) is 3.92. The number of carbonyl (C=O) groups excluding carboxylic acids is 2. The van der Waals surface area contributed by atoms with Gasteiger partial charge < -0.3 is 9.64 Å². The van der Waals surface area contributed by atoms with Crippen LogP contribution in [0.2, 0.25) is 0 Å². The molecule has 0 N–H and O–H groups in total. The molecule has 1 aliphatic carbocycles. The molecule has 4 rings (SSSR count). The minimum atomic E-state index is -0.268. The van der Waals surface area contributed by atoms with Gasteiger partial charge >= 0.3 is 6.09 Å². The molecule has 5 nitrogen and oxygen atoms in total. The second-order valence-corrected chi connectivity index (χ2v) is 6.67. The highest BCUT2D eigenvalue weighted by Gasteiger charge is 2.31. The van der Waals surface area contributed by atoms with Crippen molar-refractivity contribution >= 4 is 17.7 Å². The summed E-state index contributed by atoms with van der Waals surface area (Å²) in [6.07, 6.45) is 7.64. The summed E-state index contributed by atoms with van der Waals surface area (Å²) in [5.41, 5.74) is 3.28. The predicted octanol–water partition coefficient (Wildman–Crippen LogP) is 2.88. The molecule has 2 aliphatic heterocycles. The molecular weight excluding hydrogens is 304 g/mol. The first-order valence-corrected chi connectivity index (χ1v) is 8.73. The summed E-state index contributed by atoms with van der Waals surface area (Å²) in [7, 11) is 0. The topological polar surface area (TPSA) is 49.9 Å². The van der Waals surface area contributed by atoms with Crippen molar-refractivity contribution in [3.63, 3.8) is 0 Å². The van der Waals surface area contributed by atoms with Gasteiger partial charge in [-0.2, -0.15) is 0 Å². The van der Waals surface area contributed by atoms with Gasteiger partial charge in [0, 0.05) is 19.0 Å². The zero-order valence-electron chi connectivity index (χ0n) is 13.7. The molecule has 1 saturated heterocycles. The summed E-state index contributed by atoms with van der Waals surface area (Å²) in [5.74, 6) is 0.407. The van der Waals surface area contributed by atoms with E-state index >= 15 is 0 Å². The lowest BCUT2D eigenvalue weighted by Crippen LogP contribution is -2.40. The Labute approximate surface area is 141 Å². The van der Waals surface area contributed by atoms with Gasteiger partial charge in [-0.3, -0.25) is 9.69 Å². The number of fused-ring (bicyclic) bond motifs is 1. The van der Waals surface area contributed by atoms with Gasteiger partial charge in [0.25, 0.3) is 0 Å². The Hall–Kier alpha value is -2.30. The van der Waals surface area contributed by atoms with Crippen molar-refractivity contribution in [2.45, 2.75) is 32.2 Å². The Balaban J connectivity index is 1.54. The minimum absolute atomic E-state index is 0.133. The lowest BCUT2D eigenvalue weighted by atomic mass is 9.91. The van der Waals surface area contributed by atoms with E-state index in [4.69, 9.17) is 4.74 Å². The van der Waals surface area contributed by atoms with Crippen LogP contribution in [0.3, 0.4) is 0 Å². The summed E-state index contributed by atoms with van der Waals surface area (Å²) in [6.45, 7) is 2.42. The second-order valence-electron chi connectivity index (χ2n) is 6.67. The second kappa shape index (κ2) is 6.30. The third-order valence-electron chi connectivity index (χ3n) is 5.22. The van der Waals surface area contributed by atoms with Crippen LogP contribution in [0.4, 0.5) is 10.5 Å². The monoisotopic (exact) mass is 326 g/mol. The molecule has 1 atom stereocenters. The van der Waals surface area contributed by atoms with Gasteiger partial charge in [0.2, 0.25) is 5.91 Å². The number of ether oxygens (including phenoxy) is 1. The molecule has 3 aliphatic rings. The molecule has 0 radical (unpaired) electrons. The van der Waals surface area contributed by atoms with E-state index in [0.29, 0.717) is 19.7 Å². The molecular formula is C19H22N2O3. The minimum Gasteiger partial charge on any atom is -0.447 e. The maximum absolute atomic E-state index is 12.8. The average molecular weight is 326 g/mol. The van der Waals surface area contributed by atoms with E-state index in [1.165, 1.54) is 5.56 Å². The number of allylic oxidation sites excluding steroid dienone is 2. The first-order valence-electron chi connectivity index (χ1n) is 8.73. The first-order chi connectivity index (χ1) is 11.7. The van der Waals surface area contributed by atoms with Crippen molar-refractivity contribution in [1.82, 2.24) is 4.90 Å². The third kappa shape index (κ3) is 2.68. The van der Waals surface area contributed by atoms with Crippen LogP contribution in [-0.4, -0.2) is 36.6 Å². The van der Waals surface area contributed by atoms with E-state index in [-0.39, 0.29) is 17.9 Å². The summed E-state index contributed by atoms with van der Waals surface area (Å²) in [6, 6.07) is 6.02. The molecule has 0 bridgehead atoms. The van der Waals surface area contributed by atoms with Crippen molar-refractivity contribution in [1.29, 1.82) is 0 Å². The van der Waals surface area contributed by atoms with E-state index in [2.05, 4.69) is 18.2 Å². The van der Waals surface area contributed by atoms with E-state index in [0.717, 1.165) is 43.5 Å². The molecule has 5 heteroatoms. The first kappa shape index (κ1) is 15.2. The number of carbonyl (C=O) groups is 2. The van der Waals surface area contributed by atoms with Gasteiger partial charge in [-0.15, -0.1) is 0 Å². The lowest BCUT2D eigenvalue weighted by molar-refractivity contribution is -0.136. The van der Waals surface area contributed by atoms with Gasteiger partial charge in [-0.05, 0) is 42.9 Å². The maximum atomic E-state index is 12.8. The molecule has 2 amide bonds. The van der Waals surface area contributed by atoms with Crippen LogP contribution in [0.1, 0.15) is 30.4 Å². The van der Waals surface area contributed by atoms with Crippen LogP contribution in [0, 0.1) is 5.92 Å². The summed E-state index contributed by atoms with van der Waals surface area (Å²) < 4.78 is 5.07. The average Bonchev–Trinajstić information content (AvgIpc) is 3.06. The molecule has 0 aromatic heterocycles. The third-order valence-corrected chi connectivity index (χ3v) is 5.22. The van der Waals surface area contributed by atoms with Crippen molar-refractivity contribution in [2.24, 2.45) is 5.92 Å². The Bertz CT molecular complexity index is 698. The molecule has 0 saturated carbocycles. The van der Waals surface area contributed by atoms with Gasteiger partial charge in [-0.25, -0.2) is 4.79 Å². The molecule has 1 unspecified atom stereocenters. The number of cyclic esters (lactones) is 1. The number of benzene rings is 1. The fraction of sp³-hybridized carbons (Fsp3) is 0.474. The fourth-order valence-corrected chi connectivity index (χ4v) is 3.92. The van der Waals surface area contributed by atoms with E-state index in [1.807, 2.05) is 17.0 Å². The highest BCUT2D eigenvalue weighted by molar-refractivity contribution is 5.90. The maximum Gasteiger partial charge on any atom is 0.414 e. The molecule has 2 heterocycles. The van der Waals surface area contributed by atoms with Gasteiger partial charge in [0.1, 0.15) is 6.61 Å². The van der Waals surface area contributed by atoms with Crippen LogP contribution in [-0.2, 0) is 22.5 Å². The molecule has 126 valence electrons. The molecule has 1 aromatic rings. The van der Waals surface area contributed by atoms with E-state index < -0.39 is 0 Å². The van der Waals surface area contributed by atoms with Crippen LogP contribution in [0.5, 0.6) is 0 Å². The van der Waals surface area contributed by atoms with Crippen LogP contribution in [0.25, 0.3) is 0 Å². The van der Waals surface area contributed by atoms with Crippen molar-refractivity contribution in [2.75, 3.05) is 24.6 Å². The quantitative estimate of drug-likeness (QED) is 0.785. The van der Waals surface area contributed by atoms with Gasteiger partial charge in [0.05, 0.1) is 12.2 Å². The molecule has 24 heavy (non-hydrogen) atoms. The molecule has 1 aromatic carbocycles. The number of nitrogens with zero attached hydrogens (tertiary/aromatic N) is 2. The van der Waals surface area contributed by atoms with Gasteiger partial charge in [0.15, 0.2) is 0 Å². The highest BCUT2D eigenvalue weighted by Crippen LogP contribution is 2.32. The SMILES string of the molecule is O=C(C1CC=CCC1)N1CCc2c(cccc2N2CCOC2=O)C1. The Kier molecular flexibility index (Phi) is 4.00. The smallest absolute Gasteiger partial charge is 0.414 e. The van der Waals surface area contributed by atoms with Gasteiger partial charge in [-0.1, -0.05) is 24.3 Å². The Morgan fingerprint density at radius 2 is 2.12 bits per heavy atom. The zero-order chi connectivity index (χ0) is 16.5. The largest absolute Gasteiger partial charge is 0.447 e. The highest BCUT2D eigenvalue weighted by atomic mass is 16.6. The number of amides is 2. The van der Waals surface area contributed by atoms with E-state index in [1.54, 1.807) is 4.90 Å². The van der Waals surface area contributed by atoms with E-state index in [9.17, 15) is 9.59 Å². The lowest BCUT2D eigenvalue weighted by Gasteiger charge is -2.34. The number of rotatable bonds is 2. The van der Waals surface area contributed by atoms with Crippen LogP contribution < -0.4 is 4.90 Å². The van der Waals surface area contributed by atoms with Crippen molar-refractivity contribution in [3.05, 3.63) is 41.5 Å². The summed E-state index contributed by atoms with van der Waals surface area (Å²) in [4.78, 5) is 28.3. The Morgan fingerprint density at radius 1 is 1.21 bits per heavy atom. The summed E-state index contributed by atoms with van der Waals surface area (Å²) in [5, 5.41) is 0. The standard InChI is InChI=1S/C19H22N2O3/c22-18(14-5-2-1-3-6-14)20-10-9-16-15(13-20)7-4-8-17(16)21-11-12-24-19(21)23/h1-2,4,7-8,14H,3,5-6,9-13H2.